The largest absolute Gasteiger partial charge is 0.334 e. The third-order valence-corrected chi connectivity index (χ3v) is 24.5. The maximum Gasteiger partial charge on any atom is 0.252 e. The minimum Gasteiger partial charge on any atom is -0.334 e. The topological polar surface area (TPSA) is 9.72 Å². The van der Waals surface area contributed by atoms with E-state index in [1.165, 1.54) is 168 Å². The van der Waals surface area contributed by atoms with Crippen LogP contribution in [-0.2, 0) is 48.7 Å². The van der Waals surface area contributed by atoms with Gasteiger partial charge in [-0.3, -0.25) is 0 Å². The first-order valence-corrected chi connectivity index (χ1v) is 33.5. The molecule has 0 saturated heterocycles. The van der Waals surface area contributed by atoms with E-state index in [4.69, 9.17) is 0 Å². The molecule has 0 N–H and O–H groups in total. The molecule has 7 aromatic carbocycles. The molecule has 1 saturated carbocycles. The lowest BCUT2D eigenvalue weighted by Gasteiger charge is -2.51. The van der Waals surface area contributed by atoms with Crippen molar-refractivity contribution in [2.75, 3.05) is 14.7 Å². The van der Waals surface area contributed by atoms with E-state index in [0.717, 1.165) is 19.3 Å². The fourth-order valence-corrected chi connectivity index (χ4v) is 18.1. The van der Waals surface area contributed by atoms with Crippen LogP contribution in [0.4, 0.5) is 45.5 Å². The highest BCUT2D eigenvalue weighted by Crippen LogP contribution is 2.63. The monoisotopic (exact) mass is 1140 g/mol. The normalized spacial score (nSPS) is 23.9. The molecule has 0 spiro atoms. The van der Waals surface area contributed by atoms with Gasteiger partial charge in [-0.25, -0.2) is 0 Å². The lowest BCUT2D eigenvalue weighted by Crippen LogP contribution is -2.62. The summed E-state index contributed by atoms with van der Waals surface area (Å²) in [6.45, 7) is 49.8. The zero-order chi connectivity index (χ0) is 61.2. The van der Waals surface area contributed by atoms with Crippen molar-refractivity contribution in [1.29, 1.82) is 0 Å². The van der Waals surface area contributed by atoms with Crippen LogP contribution in [0.5, 0.6) is 0 Å². The summed E-state index contributed by atoms with van der Waals surface area (Å²) in [6, 6.07) is 50.8. The van der Waals surface area contributed by atoms with Gasteiger partial charge in [-0.2, -0.15) is 0 Å². The van der Waals surface area contributed by atoms with E-state index in [-0.39, 0.29) is 61.0 Å². The van der Waals surface area contributed by atoms with Crippen molar-refractivity contribution in [2.24, 2.45) is 0 Å². The SMILES string of the molecule is CC(C)(C)c1cc2c3c(c1)N(c1cc4c(cc1-c1ccccc1)C(C)(C)CCC4(C)C)c1cc(N4c5ccc(C(C)(C)C)cc5C5(C)CCCCC45C)ccc1B3c1cc3c(cc1N2c1ccc2c(c1)C(C)(C)CCC2(C)C)C(C)(C)CCC3(C)C. The Bertz CT molecular complexity index is 3980. The molecule has 4 aliphatic carbocycles. The minimum atomic E-state index is -0.167. The molecule has 4 heteroatoms. The van der Waals surface area contributed by atoms with E-state index >= 15 is 0 Å². The van der Waals surface area contributed by atoms with Crippen LogP contribution in [0.15, 0.2) is 121 Å². The molecular weight excluding hydrogens is 1040 g/mol. The van der Waals surface area contributed by atoms with Gasteiger partial charge in [0.05, 0.1) is 11.2 Å². The molecule has 14 rings (SSSR count). The quantitative estimate of drug-likeness (QED) is 0.163. The Morgan fingerprint density at radius 3 is 1.44 bits per heavy atom. The Morgan fingerprint density at radius 1 is 0.349 bits per heavy atom. The fourth-order valence-electron chi connectivity index (χ4n) is 18.1. The van der Waals surface area contributed by atoms with E-state index in [2.05, 4.69) is 275 Å². The van der Waals surface area contributed by atoms with Crippen molar-refractivity contribution in [1.82, 2.24) is 0 Å². The van der Waals surface area contributed by atoms with Crippen molar-refractivity contribution in [3.63, 3.8) is 0 Å². The molecule has 86 heavy (non-hydrogen) atoms. The number of hydrogen-bond donors (Lipinski definition) is 0. The molecule has 7 aromatic rings. The van der Waals surface area contributed by atoms with E-state index in [0.29, 0.717) is 0 Å². The van der Waals surface area contributed by atoms with Gasteiger partial charge in [-0.1, -0.05) is 205 Å². The first-order valence-electron chi connectivity index (χ1n) is 33.5. The third-order valence-electron chi connectivity index (χ3n) is 24.5. The smallest absolute Gasteiger partial charge is 0.252 e. The zero-order valence-corrected chi connectivity index (χ0v) is 56.5. The Labute approximate surface area is 519 Å². The van der Waals surface area contributed by atoms with Gasteiger partial charge >= 0.3 is 0 Å². The van der Waals surface area contributed by atoms with Crippen molar-refractivity contribution in [3.05, 3.63) is 171 Å². The van der Waals surface area contributed by atoms with Gasteiger partial charge < -0.3 is 14.7 Å². The number of nitrogens with zero attached hydrogens (tertiary/aromatic N) is 3. The van der Waals surface area contributed by atoms with Crippen molar-refractivity contribution in [3.8, 4) is 11.1 Å². The van der Waals surface area contributed by atoms with Crippen molar-refractivity contribution in [2.45, 2.75) is 257 Å². The summed E-state index contributed by atoms with van der Waals surface area (Å²) in [5.41, 5.74) is 30.6. The molecule has 0 radical (unpaired) electrons. The Balaban J connectivity index is 1.13. The highest BCUT2D eigenvalue weighted by atomic mass is 15.3. The van der Waals surface area contributed by atoms with Crippen LogP contribution in [0, 0.1) is 0 Å². The highest BCUT2D eigenvalue weighted by Gasteiger charge is 2.58. The minimum absolute atomic E-state index is 0.00893. The van der Waals surface area contributed by atoms with Crippen molar-refractivity contribution >= 4 is 68.6 Å². The molecule has 2 atom stereocenters. The van der Waals surface area contributed by atoms with Gasteiger partial charge in [0.15, 0.2) is 0 Å². The third kappa shape index (κ3) is 8.30. The number of benzene rings is 7. The highest BCUT2D eigenvalue weighted by molar-refractivity contribution is 7.00. The standard InChI is InChI=1S/C82H100BN3/c1-73(2,3)52-28-33-66-63(42-52)81(19)34-24-25-35-82(81,20)86(66)55-30-32-64-68(46-55)85(67-49-61-59(77(11,12)38-40-79(61,15)16)47-56(67)51-26-22-21-23-27-51)71-44-53(74(4,5)6)43-70-72(71)83(64)65-48-60-62(80(17,18)41-39-78(60,13)14)50-69(65)84(70)54-29-31-57-58(45-54)76(9,10)37-36-75(57,7)8/h21-23,26-33,42-50H,24-25,34-41H2,1-20H3. The van der Waals surface area contributed by atoms with Crippen molar-refractivity contribution < 1.29 is 0 Å². The predicted molar refractivity (Wildman–Crippen MR) is 372 cm³/mol. The Kier molecular flexibility index (Phi) is 12.3. The van der Waals surface area contributed by atoms with E-state index in [1.807, 2.05) is 0 Å². The predicted octanol–water partition coefficient (Wildman–Crippen LogP) is 20.8. The molecular formula is C82H100BN3. The second-order valence-corrected chi connectivity index (χ2v) is 34.9. The average Bonchev–Trinajstić information content (AvgIpc) is 1.03. The molecule has 2 unspecified atom stereocenters. The molecule has 446 valence electrons. The molecule has 0 amide bonds. The lowest BCUT2D eigenvalue weighted by molar-refractivity contribution is 0.195. The summed E-state index contributed by atoms with van der Waals surface area (Å²) in [5.74, 6) is 0. The fraction of sp³-hybridized carbons (Fsp3) is 0.488. The van der Waals surface area contributed by atoms with E-state index in [9.17, 15) is 0 Å². The average molecular weight is 1140 g/mol. The molecule has 3 heterocycles. The van der Waals surface area contributed by atoms with Crippen LogP contribution in [0.3, 0.4) is 0 Å². The molecule has 7 aliphatic rings. The van der Waals surface area contributed by atoms with Crippen LogP contribution in [0.2, 0.25) is 0 Å². The maximum atomic E-state index is 2.85. The molecule has 3 aliphatic heterocycles. The van der Waals surface area contributed by atoms with Crippen LogP contribution in [0.1, 0.15) is 253 Å². The number of rotatable bonds is 4. The maximum absolute atomic E-state index is 2.85. The second-order valence-electron chi connectivity index (χ2n) is 34.9. The summed E-state index contributed by atoms with van der Waals surface area (Å²) in [5, 5.41) is 0. The van der Waals surface area contributed by atoms with E-state index in [1.54, 1.807) is 0 Å². The molecule has 0 bridgehead atoms. The van der Waals surface area contributed by atoms with Crippen LogP contribution in [0.25, 0.3) is 11.1 Å². The summed E-state index contributed by atoms with van der Waals surface area (Å²) in [4.78, 5) is 8.46. The Morgan fingerprint density at radius 2 is 0.849 bits per heavy atom. The lowest BCUT2D eigenvalue weighted by atomic mass is 9.33. The van der Waals surface area contributed by atoms with Gasteiger partial charge in [-0.05, 0) is 234 Å². The first-order chi connectivity index (χ1) is 40.1. The molecule has 0 aromatic heterocycles. The van der Waals surface area contributed by atoms with Gasteiger partial charge in [-0.15, -0.1) is 0 Å². The summed E-state index contributed by atoms with van der Waals surface area (Å²) >= 11 is 0. The van der Waals surface area contributed by atoms with E-state index < -0.39 is 0 Å². The van der Waals surface area contributed by atoms with Crippen LogP contribution >= 0.6 is 0 Å². The van der Waals surface area contributed by atoms with Crippen LogP contribution < -0.4 is 31.1 Å². The van der Waals surface area contributed by atoms with Gasteiger partial charge in [0.2, 0.25) is 0 Å². The first kappa shape index (κ1) is 57.7. The molecule has 1 fully saturated rings. The number of hydrogen-bond acceptors (Lipinski definition) is 3. The summed E-state index contributed by atoms with van der Waals surface area (Å²) in [7, 11) is 0. The number of fused-ring (bicyclic) bond motifs is 10. The van der Waals surface area contributed by atoms with Gasteiger partial charge in [0, 0.05) is 50.8 Å². The summed E-state index contributed by atoms with van der Waals surface area (Å²) < 4.78 is 0. The van der Waals surface area contributed by atoms with Gasteiger partial charge in [0.1, 0.15) is 0 Å². The van der Waals surface area contributed by atoms with Gasteiger partial charge in [0.25, 0.3) is 6.71 Å². The second kappa shape index (κ2) is 18.3. The number of anilines is 8. The Hall–Kier alpha value is -6.00. The molecule has 3 nitrogen and oxygen atoms in total. The van der Waals surface area contributed by atoms with Crippen LogP contribution in [-0.4, -0.2) is 12.3 Å². The summed E-state index contributed by atoms with van der Waals surface area (Å²) in [6.07, 6.45) is 11.9. The zero-order valence-electron chi connectivity index (χ0n) is 56.5.